The van der Waals surface area contributed by atoms with Gasteiger partial charge in [-0.15, -0.1) is 0 Å². The molecule has 0 unspecified atom stereocenters. The van der Waals surface area contributed by atoms with Crippen molar-refractivity contribution < 1.29 is 0 Å². The van der Waals surface area contributed by atoms with Gasteiger partial charge in [-0.3, -0.25) is 9.78 Å². The summed E-state index contributed by atoms with van der Waals surface area (Å²) in [4.78, 5) is 26.7. The zero-order valence-electron chi connectivity index (χ0n) is 10.7. The second-order valence-corrected chi connectivity index (χ2v) is 5.65. The molecule has 100 valence electrons. The Balaban J connectivity index is 2.93. The number of aromatic amines is 1. The largest absolute Gasteiger partial charge is 0.334 e. The lowest BCUT2D eigenvalue weighted by Gasteiger charge is -2.12. The second-order valence-electron chi connectivity index (χ2n) is 4.42. The lowest BCUT2D eigenvalue weighted by atomic mass is 10.1. The highest BCUT2D eigenvalue weighted by Crippen LogP contribution is 2.24. The molecule has 0 saturated carbocycles. The number of hydrogen-bond donors (Lipinski definition) is 1. The summed E-state index contributed by atoms with van der Waals surface area (Å²) in [5, 5.41) is 0.0761. The SMILES string of the molecule is Cc1cc(C)c(-n2c(=O)[nH]c(Cl)c(C)c2=O)c(Br)c1. The zero-order valence-corrected chi connectivity index (χ0v) is 13.0. The molecule has 2 aromatic rings. The highest BCUT2D eigenvalue weighted by molar-refractivity contribution is 9.10. The topological polar surface area (TPSA) is 54.9 Å². The summed E-state index contributed by atoms with van der Waals surface area (Å²) in [6.07, 6.45) is 0. The van der Waals surface area contributed by atoms with Gasteiger partial charge in [-0.2, -0.15) is 0 Å². The number of benzene rings is 1. The molecule has 1 aromatic carbocycles. The fourth-order valence-corrected chi connectivity index (χ4v) is 3.00. The van der Waals surface area contributed by atoms with Crippen LogP contribution in [0.5, 0.6) is 0 Å². The number of halogens is 2. The molecule has 0 fully saturated rings. The second kappa shape index (κ2) is 4.98. The van der Waals surface area contributed by atoms with E-state index in [2.05, 4.69) is 20.9 Å². The third-order valence-corrected chi connectivity index (χ3v) is 3.88. The molecule has 0 aliphatic rings. The molecule has 0 aliphatic heterocycles. The number of aryl methyl sites for hydroxylation is 2. The summed E-state index contributed by atoms with van der Waals surface area (Å²) in [6, 6.07) is 3.77. The Hall–Kier alpha value is -1.33. The van der Waals surface area contributed by atoms with Gasteiger partial charge in [-0.05, 0) is 53.9 Å². The zero-order chi connectivity index (χ0) is 14.3. The van der Waals surface area contributed by atoms with E-state index in [0.717, 1.165) is 15.7 Å². The first-order valence-corrected chi connectivity index (χ1v) is 6.78. The quantitative estimate of drug-likeness (QED) is 0.810. The van der Waals surface area contributed by atoms with Gasteiger partial charge < -0.3 is 0 Å². The highest BCUT2D eigenvalue weighted by Gasteiger charge is 2.15. The van der Waals surface area contributed by atoms with E-state index in [1.165, 1.54) is 0 Å². The Morgan fingerprint density at radius 1 is 1.21 bits per heavy atom. The van der Waals surface area contributed by atoms with Crippen LogP contribution in [0.3, 0.4) is 0 Å². The van der Waals surface area contributed by atoms with E-state index in [1.807, 2.05) is 26.0 Å². The van der Waals surface area contributed by atoms with E-state index in [9.17, 15) is 9.59 Å². The van der Waals surface area contributed by atoms with Crippen LogP contribution < -0.4 is 11.2 Å². The molecule has 1 heterocycles. The van der Waals surface area contributed by atoms with Crippen molar-refractivity contribution in [2.24, 2.45) is 0 Å². The van der Waals surface area contributed by atoms with Crippen LogP contribution in [0.15, 0.2) is 26.2 Å². The molecule has 0 saturated heterocycles. The molecule has 1 aromatic heterocycles. The first-order chi connectivity index (χ1) is 8.82. The number of H-pyrrole nitrogens is 1. The van der Waals surface area contributed by atoms with Gasteiger partial charge in [-0.1, -0.05) is 17.7 Å². The number of nitrogens with zero attached hydrogens (tertiary/aromatic N) is 1. The molecule has 0 atom stereocenters. The third-order valence-electron chi connectivity index (χ3n) is 2.89. The minimum Gasteiger partial charge on any atom is -0.297 e. The summed E-state index contributed by atoms with van der Waals surface area (Å²) < 4.78 is 1.79. The molecule has 0 radical (unpaired) electrons. The monoisotopic (exact) mass is 342 g/mol. The van der Waals surface area contributed by atoms with Gasteiger partial charge in [0.25, 0.3) is 5.56 Å². The molecular formula is C13H12BrClN2O2. The van der Waals surface area contributed by atoms with Crippen LogP contribution in [0, 0.1) is 20.8 Å². The van der Waals surface area contributed by atoms with Gasteiger partial charge in [-0.25, -0.2) is 9.36 Å². The van der Waals surface area contributed by atoms with Crippen molar-refractivity contribution in [3.8, 4) is 5.69 Å². The lowest BCUT2D eigenvalue weighted by Crippen LogP contribution is -2.36. The maximum absolute atomic E-state index is 12.2. The van der Waals surface area contributed by atoms with E-state index in [-0.39, 0.29) is 5.15 Å². The fourth-order valence-electron chi connectivity index (χ4n) is 1.99. The van der Waals surface area contributed by atoms with Crippen molar-refractivity contribution in [2.75, 3.05) is 0 Å². The number of hydrogen-bond acceptors (Lipinski definition) is 2. The molecule has 4 nitrogen and oxygen atoms in total. The molecule has 6 heteroatoms. The molecule has 0 aliphatic carbocycles. The molecule has 1 N–H and O–H groups in total. The predicted octanol–water partition coefficient (Wildman–Crippen LogP) is 2.87. The average molecular weight is 344 g/mol. The minimum absolute atomic E-state index is 0.0761. The summed E-state index contributed by atoms with van der Waals surface area (Å²) in [7, 11) is 0. The normalized spacial score (nSPS) is 10.8. The van der Waals surface area contributed by atoms with Crippen molar-refractivity contribution in [1.82, 2.24) is 9.55 Å². The summed E-state index contributed by atoms with van der Waals surface area (Å²) in [6.45, 7) is 5.37. The Bertz CT molecular complexity index is 754. The molecule has 2 rings (SSSR count). The van der Waals surface area contributed by atoms with Crippen LogP contribution >= 0.6 is 27.5 Å². The average Bonchev–Trinajstić information content (AvgIpc) is 2.29. The molecule has 19 heavy (non-hydrogen) atoms. The van der Waals surface area contributed by atoms with Crippen molar-refractivity contribution in [2.45, 2.75) is 20.8 Å². The van der Waals surface area contributed by atoms with Crippen LogP contribution in [0.2, 0.25) is 5.15 Å². The van der Waals surface area contributed by atoms with Crippen LogP contribution in [0.1, 0.15) is 16.7 Å². The Kier molecular flexibility index (Phi) is 3.69. The van der Waals surface area contributed by atoms with Gasteiger partial charge in [0.2, 0.25) is 0 Å². The Labute approximate surface area is 123 Å². The maximum Gasteiger partial charge on any atom is 0.334 e. The number of rotatable bonds is 1. The number of aromatic nitrogens is 2. The van der Waals surface area contributed by atoms with E-state index >= 15 is 0 Å². The predicted molar refractivity (Wildman–Crippen MR) is 79.6 cm³/mol. The van der Waals surface area contributed by atoms with Crippen LogP contribution in [-0.2, 0) is 0 Å². The first-order valence-electron chi connectivity index (χ1n) is 5.61. The van der Waals surface area contributed by atoms with Crippen LogP contribution in [0.25, 0.3) is 5.69 Å². The van der Waals surface area contributed by atoms with Gasteiger partial charge in [0.1, 0.15) is 5.15 Å². The van der Waals surface area contributed by atoms with Gasteiger partial charge >= 0.3 is 5.69 Å². The summed E-state index contributed by atoms with van der Waals surface area (Å²) >= 11 is 9.20. The van der Waals surface area contributed by atoms with Crippen molar-refractivity contribution >= 4 is 27.5 Å². The van der Waals surface area contributed by atoms with Gasteiger partial charge in [0.15, 0.2) is 0 Å². The van der Waals surface area contributed by atoms with Crippen molar-refractivity contribution in [1.29, 1.82) is 0 Å². The molecule has 0 bridgehead atoms. The van der Waals surface area contributed by atoms with Gasteiger partial charge in [0.05, 0.1) is 11.3 Å². The van der Waals surface area contributed by atoms with Crippen molar-refractivity contribution in [3.63, 3.8) is 0 Å². The van der Waals surface area contributed by atoms with Crippen LogP contribution in [0.4, 0.5) is 0 Å². The van der Waals surface area contributed by atoms with E-state index in [0.29, 0.717) is 15.7 Å². The summed E-state index contributed by atoms with van der Waals surface area (Å²) in [5.41, 5.74) is 1.77. The molecule has 0 spiro atoms. The standard InChI is InChI=1S/C13H12BrClN2O2/c1-6-4-7(2)10(9(14)5-6)17-12(18)8(3)11(15)16-13(17)19/h4-5H,1-3H3,(H,16,19). The Morgan fingerprint density at radius 2 is 1.84 bits per heavy atom. The van der Waals surface area contributed by atoms with E-state index in [1.54, 1.807) is 6.92 Å². The first kappa shape index (κ1) is 14.1. The van der Waals surface area contributed by atoms with Crippen molar-refractivity contribution in [3.05, 3.63) is 59.3 Å². The minimum atomic E-state index is -0.548. The maximum atomic E-state index is 12.2. The third kappa shape index (κ3) is 2.40. The number of nitrogens with one attached hydrogen (secondary N) is 1. The highest BCUT2D eigenvalue weighted by atomic mass is 79.9. The fraction of sp³-hybridized carbons (Fsp3) is 0.231. The smallest absolute Gasteiger partial charge is 0.297 e. The summed E-state index contributed by atoms with van der Waals surface area (Å²) in [5.74, 6) is 0. The molecule has 0 amide bonds. The van der Waals surface area contributed by atoms with Gasteiger partial charge in [0, 0.05) is 4.47 Å². The van der Waals surface area contributed by atoms with E-state index < -0.39 is 11.2 Å². The molecular weight excluding hydrogens is 332 g/mol. The Morgan fingerprint density at radius 3 is 2.42 bits per heavy atom. The van der Waals surface area contributed by atoms with E-state index in [4.69, 9.17) is 11.6 Å². The van der Waals surface area contributed by atoms with Crippen LogP contribution in [-0.4, -0.2) is 9.55 Å². The lowest BCUT2D eigenvalue weighted by molar-refractivity contribution is 0.850.